The molecular formula is C30H44N6O2. The van der Waals surface area contributed by atoms with E-state index in [9.17, 15) is 9.90 Å². The number of amides is 1. The molecule has 1 saturated carbocycles. The summed E-state index contributed by atoms with van der Waals surface area (Å²) >= 11 is 0. The van der Waals surface area contributed by atoms with Gasteiger partial charge in [0.1, 0.15) is 6.23 Å². The molecule has 206 valence electrons. The minimum Gasteiger partial charge on any atom is -0.370 e. The average Bonchev–Trinajstić information content (AvgIpc) is 3.31. The number of benzene rings is 1. The van der Waals surface area contributed by atoms with Gasteiger partial charge in [0.15, 0.2) is 0 Å². The number of rotatable bonds is 8. The van der Waals surface area contributed by atoms with Crippen LogP contribution in [0.1, 0.15) is 62.4 Å². The van der Waals surface area contributed by atoms with E-state index in [0.29, 0.717) is 17.6 Å². The van der Waals surface area contributed by atoms with Gasteiger partial charge in [-0.25, -0.2) is 0 Å². The van der Waals surface area contributed by atoms with Gasteiger partial charge in [-0.15, -0.1) is 0 Å². The van der Waals surface area contributed by atoms with Crippen LogP contribution in [0.2, 0.25) is 0 Å². The van der Waals surface area contributed by atoms with Gasteiger partial charge < -0.3 is 25.5 Å². The summed E-state index contributed by atoms with van der Waals surface area (Å²) in [5, 5.41) is 21.0. The van der Waals surface area contributed by atoms with Crippen LogP contribution in [0, 0.1) is 6.92 Å². The van der Waals surface area contributed by atoms with E-state index < -0.39 is 6.23 Å². The molecule has 0 saturated heterocycles. The summed E-state index contributed by atoms with van der Waals surface area (Å²) in [6.07, 6.45) is 9.67. The monoisotopic (exact) mass is 520 g/mol. The molecule has 1 unspecified atom stereocenters. The number of hydrogen-bond donors (Lipinski definition) is 3. The summed E-state index contributed by atoms with van der Waals surface area (Å²) in [5.74, 6) is -0.138. The first-order chi connectivity index (χ1) is 18.1. The number of aromatic nitrogens is 2. The zero-order valence-corrected chi connectivity index (χ0v) is 24.0. The molecule has 1 atom stereocenters. The van der Waals surface area contributed by atoms with E-state index in [1.54, 1.807) is 4.68 Å². The fourth-order valence-electron chi connectivity index (χ4n) is 5.97. The van der Waals surface area contributed by atoms with Crippen molar-refractivity contribution in [2.75, 3.05) is 32.1 Å². The van der Waals surface area contributed by atoms with Crippen LogP contribution in [0.15, 0.2) is 47.4 Å². The standard InChI is InChI=1S/C30H44N6O2/c1-8-36(25-11-9-24(10-12-25)34(5)6)28-15-22(23-16-32-35(7)18-23)14-26(21(28)4)29(37)31-17-27-19(2)13-20(3)33-30(27)38/h13-16,18,24-25,30,33,38H,8-12,17H2,1-7H3,(H,31,37). The predicted molar refractivity (Wildman–Crippen MR) is 154 cm³/mol. The van der Waals surface area contributed by atoms with Gasteiger partial charge in [0.2, 0.25) is 0 Å². The Morgan fingerprint density at radius 2 is 1.82 bits per heavy atom. The Bertz CT molecular complexity index is 1220. The van der Waals surface area contributed by atoms with Crippen LogP contribution in [0.4, 0.5) is 5.69 Å². The quantitative estimate of drug-likeness (QED) is 0.489. The lowest BCUT2D eigenvalue weighted by Gasteiger charge is -2.40. The zero-order valence-electron chi connectivity index (χ0n) is 24.0. The maximum atomic E-state index is 13.6. The van der Waals surface area contributed by atoms with Crippen LogP contribution in [0.3, 0.4) is 0 Å². The summed E-state index contributed by atoms with van der Waals surface area (Å²) in [6, 6.07) is 5.28. The molecule has 2 aromatic rings. The van der Waals surface area contributed by atoms with Crippen molar-refractivity contribution in [3.8, 4) is 11.1 Å². The fraction of sp³-hybridized carbons (Fsp3) is 0.533. The first-order valence-electron chi connectivity index (χ1n) is 13.8. The topological polar surface area (TPSA) is 85.7 Å². The number of hydrogen-bond acceptors (Lipinski definition) is 6. The number of carbonyl (C=O) groups excluding carboxylic acids is 1. The van der Waals surface area contributed by atoms with Crippen LogP contribution >= 0.6 is 0 Å². The highest BCUT2D eigenvalue weighted by molar-refractivity contribution is 5.99. The molecule has 1 aliphatic heterocycles. The number of aliphatic hydroxyl groups is 1. The molecule has 8 nitrogen and oxygen atoms in total. The minimum atomic E-state index is -0.799. The molecule has 8 heteroatoms. The molecule has 1 amide bonds. The lowest BCUT2D eigenvalue weighted by molar-refractivity contribution is 0.0952. The summed E-state index contributed by atoms with van der Waals surface area (Å²) in [5.41, 5.74) is 7.38. The molecule has 2 aliphatic rings. The first-order valence-corrected chi connectivity index (χ1v) is 13.8. The minimum absolute atomic E-state index is 0.138. The Morgan fingerprint density at radius 1 is 1.13 bits per heavy atom. The number of carbonyl (C=O) groups is 1. The Kier molecular flexibility index (Phi) is 8.63. The van der Waals surface area contributed by atoms with Crippen molar-refractivity contribution in [2.24, 2.45) is 7.05 Å². The number of dihydropyridines is 1. The highest BCUT2D eigenvalue weighted by Gasteiger charge is 2.29. The number of nitrogens with zero attached hydrogens (tertiary/aromatic N) is 4. The number of anilines is 1. The Morgan fingerprint density at radius 3 is 2.39 bits per heavy atom. The van der Waals surface area contributed by atoms with Gasteiger partial charge in [0.25, 0.3) is 5.91 Å². The second-order valence-corrected chi connectivity index (χ2v) is 11.0. The molecule has 0 spiro atoms. The first kappa shape index (κ1) is 27.9. The third kappa shape index (κ3) is 5.97. The molecule has 1 fully saturated rings. The van der Waals surface area contributed by atoms with Crippen molar-refractivity contribution < 1.29 is 9.90 Å². The molecule has 1 aliphatic carbocycles. The highest BCUT2D eigenvalue weighted by atomic mass is 16.3. The van der Waals surface area contributed by atoms with Crippen LogP contribution in [0.5, 0.6) is 0 Å². The fourth-order valence-corrected chi connectivity index (χ4v) is 5.97. The third-order valence-electron chi connectivity index (χ3n) is 8.22. The van der Waals surface area contributed by atoms with E-state index >= 15 is 0 Å². The molecule has 0 bridgehead atoms. The van der Waals surface area contributed by atoms with Crippen molar-refractivity contribution in [3.05, 3.63) is 58.6 Å². The molecule has 0 radical (unpaired) electrons. The van der Waals surface area contributed by atoms with Crippen molar-refractivity contribution >= 4 is 11.6 Å². The molecular weight excluding hydrogens is 476 g/mol. The smallest absolute Gasteiger partial charge is 0.251 e. The summed E-state index contributed by atoms with van der Waals surface area (Å²) in [6.45, 7) is 9.30. The molecule has 2 heterocycles. The Labute approximate surface area is 227 Å². The van der Waals surface area contributed by atoms with Crippen LogP contribution in [-0.2, 0) is 7.05 Å². The van der Waals surface area contributed by atoms with Gasteiger partial charge in [-0.2, -0.15) is 5.10 Å². The summed E-state index contributed by atoms with van der Waals surface area (Å²) in [4.78, 5) is 18.5. The molecule has 1 aromatic heterocycles. The van der Waals surface area contributed by atoms with E-state index in [1.165, 1.54) is 12.8 Å². The van der Waals surface area contributed by atoms with Gasteiger partial charge in [-0.1, -0.05) is 0 Å². The molecule has 4 rings (SSSR count). The van der Waals surface area contributed by atoms with Crippen LogP contribution in [-0.4, -0.2) is 71.2 Å². The summed E-state index contributed by atoms with van der Waals surface area (Å²) in [7, 11) is 6.25. The van der Waals surface area contributed by atoms with E-state index in [-0.39, 0.29) is 12.5 Å². The van der Waals surface area contributed by atoms with E-state index in [0.717, 1.165) is 58.6 Å². The van der Waals surface area contributed by atoms with Crippen molar-refractivity contribution in [3.63, 3.8) is 0 Å². The number of nitrogens with one attached hydrogen (secondary N) is 2. The Hall–Kier alpha value is -3.10. The van der Waals surface area contributed by atoms with Crippen LogP contribution < -0.4 is 15.5 Å². The predicted octanol–water partition coefficient (Wildman–Crippen LogP) is 3.97. The molecule has 38 heavy (non-hydrogen) atoms. The van der Waals surface area contributed by atoms with Crippen molar-refractivity contribution in [1.29, 1.82) is 0 Å². The summed E-state index contributed by atoms with van der Waals surface area (Å²) < 4.78 is 1.79. The number of aliphatic hydroxyl groups excluding tert-OH is 1. The second-order valence-electron chi connectivity index (χ2n) is 11.0. The zero-order chi connectivity index (χ0) is 27.6. The van der Waals surface area contributed by atoms with Gasteiger partial charge in [0.05, 0.1) is 6.20 Å². The molecule has 3 N–H and O–H groups in total. The lowest BCUT2D eigenvalue weighted by Crippen LogP contribution is -2.42. The number of aryl methyl sites for hydroxylation is 1. The average molecular weight is 521 g/mol. The van der Waals surface area contributed by atoms with E-state index in [1.807, 2.05) is 45.4 Å². The molecule has 1 aromatic carbocycles. The SMILES string of the molecule is CCN(c1cc(-c2cnn(C)c2)cc(C(=O)NCC2=C(C)C=C(C)NC2O)c1C)C1CCC(N(C)C)CC1. The van der Waals surface area contributed by atoms with Gasteiger partial charge in [-0.3, -0.25) is 9.48 Å². The Balaban J connectivity index is 1.66. The van der Waals surface area contributed by atoms with Gasteiger partial charge >= 0.3 is 0 Å². The lowest BCUT2D eigenvalue weighted by atomic mass is 9.88. The van der Waals surface area contributed by atoms with Gasteiger partial charge in [0, 0.05) is 66.5 Å². The van der Waals surface area contributed by atoms with E-state index in [4.69, 9.17) is 0 Å². The highest BCUT2D eigenvalue weighted by Crippen LogP contribution is 2.35. The maximum Gasteiger partial charge on any atom is 0.251 e. The third-order valence-corrected chi connectivity index (χ3v) is 8.22. The van der Waals surface area contributed by atoms with Gasteiger partial charge in [-0.05, 0) is 102 Å². The van der Waals surface area contributed by atoms with Crippen LogP contribution in [0.25, 0.3) is 11.1 Å². The van der Waals surface area contributed by atoms with Crippen molar-refractivity contribution in [2.45, 2.75) is 71.7 Å². The normalized spacial score (nSPS) is 21.8. The maximum absolute atomic E-state index is 13.6. The van der Waals surface area contributed by atoms with E-state index in [2.05, 4.69) is 59.5 Å². The number of allylic oxidation sites excluding steroid dienone is 3. The second kappa shape index (κ2) is 11.7. The largest absolute Gasteiger partial charge is 0.370 e. The van der Waals surface area contributed by atoms with Crippen molar-refractivity contribution in [1.82, 2.24) is 25.3 Å².